The third kappa shape index (κ3) is 4.49. The number of hydrogen-bond donors (Lipinski definition) is 0. The van der Waals surface area contributed by atoms with E-state index < -0.39 is 0 Å². The van der Waals surface area contributed by atoms with Crippen molar-refractivity contribution in [1.82, 2.24) is 25.2 Å². The zero-order valence-corrected chi connectivity index (χ0v) is 16.8. The molecule has 1 aliphatic heterocycles. The van der Waals surface area contributed by atoms with Crippen LogP contribution in [0.2, 0.25) is 10.3 Å². The molecule has 1 saturated heterocycles. The average molecular weight is 434 g/mol. The second-order valence-corrected chi connectivity index (χ2v) is 7.27. The molecule has 4 rings (SSSR count). The summed E-state index contributed by atoms with van der Waals surface area (Å²) >= 11 is 11.9. The molecular formula is C19H17Cl2N5O3. The lowest BCUT2D eigenvalue weighted by atomic mass is 10.0. The van der Waals surface area contributed by atoms with Gasteiger partial charge in [-0.05, 0) is 37.5 Å². The highest BCUT2D eigenvalue weighted by Gasteiger charge is 2.32. The summed E-state index contributed by atoms with van der Waals surface area (Å²) in [6.07, 6.45) is 2.61. The molecule has 10 heteroatoms. The second-order valence-electron chi connectivity index (χ2n) is 6.53. The van der Waals surface area contributed by atoms with Crippen LogP contribution in [0, 0.1) is 0 Å². The van der Waals surface area contributed by atoms with Crippen LogP contribution in [-0.4, -0.2) is 44.3 Å². The topological polar surface area (TPSA) is 94.2 Å². The van der Waals surface area contributed by atoms with Crippen LogP contribution < -0.4 is 4.74 Å². The number of amides is 1. The van der Waals surface area contributed by atoms with Crippen LogP contribution in [0.3, 0.4) is 0 Å². The van der Waals surface area contributed by atoms with Crippen LogP contribution in [0.5, 0.6) is 5.75 Å². The van der Waals surface area contributed by atoms with Crippen LogP contribution in [0.1, 0.15) is 31.1 Å². The van der Waals surface area contributed by atoms with Gasteiger partial charge in [-0.1, -0.05) is 46.6 Å². The first-order chi connectivity index (χ1) is 14.1. The number of carbonyl (C=O) groups is 1. The Kier molecular flexibility index (Phi) is 5.92. The number of para-hydroxylation sites is 1. The fourth-order valence-electron chi connectivity index (χ4n) is 3.23. The minimum atomic E-state index is -0.294. The number of halogens is 2. The second kappa shape index (κ2) is 8.75. The van der Waals surface area contributed by atoms with Gasteiger partial charge in [0.25, 0.3) is 11.8 Å². The molecule has 1 atom stereocenters. The van der Waals surface area contributed by atoms with Crippen molar-refractivity contribution < 1.29 is 14.1 Å². The van der Waals surface area contributed by atoms with Gasteiger partial charge in [0.1, 0.15) is 5.75 Å². The van der Waals surface area contributed by atoms with Crippen molar-refractivity contribution in [2.24, 2.45) is 0 Å². The van der Waals surface area contributed by atoms with E-state index in [1.54, 1.807) is 4.90 Å². The number of benzene rings is 1. The molecule has 8 nitrogen and oxygen atoms in total. The highest BCUT2D eigenvalue weighted by Crippen LogP contribution is 2.32. The molecule has 0 N–H and O–H groups in total. The monoisotopic (exact) mass is 433 g/mol. The molecule has 0 bridgehead atoms. The van der Waals surface area contributed by atoms with Crippen molar-refractivity contribution >= 4 is 29.1 Å². The minimum absolute atomic E-state index is 0.0546. The van der Waals surface area contributed by atoms with E-state index in [9.17, 15) is 4.79 Å². The Bertz CT molecular complexity index is 999. The SMILES string of the molecule is O=C(COc1ccccc1)N1CCCC[C@@H]1c1noc(-c2cc(Cl)nnc2Cl)n1. The summed E-state index contributed by atoms with van der Waals surface area (Å²) in [5, 5.41) is 11.8. The number of nitrogens with zero attached hydrogens (tertiary/aromatic N) is 5. The third-order valence-corrected chi connectivity index (χ3v) is 5.08. The van der Waals surface area contributed by atoms with Gasteiger partial charge in [-0.25, -0.2) is 0 Å². The predicted molar refractivity (Wildman–Crippen MR) is 106 cm³/mol. The van der Waals surface area contributed by atoms with Crippen molar-refractivity contribution in [3.63, 3.8) is 0 Å². The lowest BCUT2D eigenvalue weighted by Crippen LogP contribution is -2.41. The fourth-order valence-corrected chi connectivity index (χ4v) is 3.55. The molecule has 1 amide bonds. The molecule has 1 aliphatic rings. The van der Waals surface area contributed by atoms with Gasteiger partial charge in [0.2, 0.25) is 0 Å². The maximum Gasteiger partial charge on any atom is 0.261 e. The molecule has 2 aromatic heterocycles. The summed E-state index contributed by atoms with van der Waals surface area (Å²) < 4.78 is 11.0. The van der Waals surface area contributed by atoms with Crippen molar-refractivity contribution in [3.8, 4) is 17.2 Å². The van der Waals surface area contributed by atoms with Crippen LogP contribution >= 0.6 is 23.2 Å². The molecule has 0 radical (unpaired) electrons. The third-order valence-electron chi connectivity index (χ3n) is 4.62. The van der Waals surface area contributed by atoms with Crippen molar-refractivity contribution in [1.29, 1.82) is 0 Å². The number of carbonyl (C=O) groups excluding carboxylic acids is 1. The average Bonchev–Trinajstić information content (AvgIpc) is 3.24. The first-order valence-electron chi connectivity index (χ1n) is 9.12. The Morgan fingerprint density at radius 1 is 1.21 bits per heavy atom. The van der Waals surface area contributed by atoms with E-state index in [1.807, 2.05) is 30.3 Å². The number of ether oxygens (including phenoxy) is 1. The molecule has 150 valence electrons. The summed E-state index contributed by atoms with van der Waals surface area (Å²) in [6.45, 7) is 0.551. The largest absolute Gasteiger partial charge is 0.484 e. The lowest BCUT2D eigenvalue weighted by Gasteiger charge is -2.33. The van der Waals surface area contributed by atoms with Gasteiger partial charge < -0.3 is 14.2 Å². The number of aromatic nitrogens is 4. The molecular weight excluding hydrogens is 417 g/mol. The molecule has 1 aromatic carbocycles. The molecule has 0 saturated carbocycles. The summed E-state index contributed by atoms with van der Waals surface area (Å²) in [7, 11) is 0. The van der Waals surface area contributed by atoms with E-state index in [0.717, 1.165) is 19.3 Å². The first kappa shape index (κ1) is 19.6. The number of piperidine rings is 1. The van der Waals surface area contributed by atoms with Gasteiger partial charge in [0, 0.05) is 6.54 Å². The molecule has 3 heterocycles. The lowest BCUT2D eigenvalue weighted by molar-refractivity contribution is -0.137. The van der Waals surface area contributed by atoms with E-state index in [-0.39, 0.29) is 34.8 Å². The summed E-state index contributed by atoms with van der Waals surface area (Å²) in [5.74, 6) is 1.11. The van der Waals surface area contributed by atoms with Crippen LogP contribution in [0.25, 0.3) is 11.5 Å². The molecule has 0 unspecified atom stereocenters. The van der Waals surface area contributed by atoms with Gasteiger partial charge in [0.15, 0.2) is 22.7 Å². The number of hydrogen-bond acceptors (Lipinski definition) is 7. The smallest absolute Gasteiger partial charge is 0.261 e. The van der Waals surface area contributed by atoms with E-state index >= 15 is 0 Å². The van der Waals surface area contributed by atoms with E-state index in [4.69, 9.17) is 32.5 Å². The van der Waals surface area contributed by atoms with Gasteiger partial charge in [-0.2, -0.15) is 4.98 Å². The van der Waals surface area contributed by atoms with E-state index in [1.165, 1.54) is 6.07 Å². The Morgan fingerprint density at radius 3 is 2.86 bits per heavy atom. The highest BCUT2D eigenvalue weighted by molar-refractivity contribution is 6.33. The summed E-state index contributed by atoms with van der Waals surface area (Å²) in [6, 6.07) is 10.4. The summed E-state index contributed by atoms with van der Waals surface area (Å²) in [4.78, 5) is 19.0. The number of rotatable bonds is 5. The highest BCUT2D eigenvalue weighted by atomic mass is 35.5. The van der Waals surface area contributed by atoms with Crippen LogP contribution in [0.15, 0.2) is 40.9 Å². The zero-order chi connectivity index (χ0) is 20.2. The first-order valence-corrected chi connectivity index (χ1v) is 9.87. The zero-order valence-electron chi connectivity index (χ0n) is 15.3. The van der Waals surface area contributed by atoms with Gasteiger partial charge in [-0.3, -0.25) is 4.79 Å². The maximum atomic E-state index is 12.8. The van der Waals surface area contributed by atoms with Gasteiger partial charge in [-0.15, -0.1) is 10.2 Å². The quantitative estimate of drug-likeness (QED) is 0.600. The van der Waals surface area contributed by atoms with Crippen molar-refractivity contribution in [2.45, 2.75) is 25.3 Å². The van der Waals surface area contributed by atoms with E-state index in [0.29, 0.717) is 23.7 Å². The predicted octanol–water partition coefficient (Wildman–Crippen LogP) is 3.97. The fraction of sp³-hybridized carbons (Fsp3) is 0.316. The summed E-state index contributed by atoms with van der Waals surface area (Å²) in [5.41, 5.74) is 0.395. The molecule has 29 heavy (non-hydrogen) atoms. The molecule has 1 fully saturated rings. The van der Waals surface area contributed by atoms with Gasteiger partial charge in [0.05, 0.1) is 11.6 Å². The minimum Gasteiger partial charge on any atom is -0.484 e. The van der Waals surface area contributed by atoms with E-state index in [2.05, 4.69) is 20.3 Å². The molecule has 0 aliphatic carbocycles. The maximum absolute atomic E-state index is 12.8. The van der Waals surface area contributed by atoms with Crippen molar-refractivity contribution in [3.05, 3.63) is 52.5 Å². The number of likely N-dealkylation sites (tertiary alicyclic amines) is 1. The normalized spacial score (nSPS) is 16.6. The van der Waals surface area contributed by atoms with Crippen LogP contribution in [0.4, 0.5) is 0 Å². The Labute approximate surface area is 176 Å². The van der Waals surface area contributed by atoms with Crippen molar-refractivity contribution in [2.75, 3.05) is 13.2 Å². The molecule has 3 aromatic rings. The standard InChI is InChI=1S/C19H17Cl2N5O3/c20-15-10-13(17(21)24-23-15)19-22-18(25-29-19)14-8-4-5-9-26(14)16(27)11-28-12-6-2-1-3-7-12/h1-3,6-7,10,14H,4-5,8-9,11H2/t14-/m1/s1. The Balaban J connectivity index is 1.51. The Morgan fingerprint density at radius 2 is 2.03 bits per heavy atom. The molecule has 0 spiro atoms. The van der Waals surface area contributed by atoms with Gasteiger partial charge >= 0.3 is 0 Å². The van der Waals surface area contributed by atoms with Crippen LogP contribution in [-0.2, 0) is 4.79 Å². The Hall–Kier alpha value is -2.71.